The molecule has 2 aliphatic rings. The Morgan fingerprint density at radius 3 is 2.19 bits per heavy atom. The first-order chi connectivity index (χ1) is 37.1. The maximum absolute atomic E-state index is 14.2. The van der Waals surface area contributed by atoms with E-state index in [0.717, 1.165) is 41.7 Å². The fourth-order valence-electron chi connectivity index (χ4n) is 7.87. The Balaban J connectivity index is 0.982. The molecule has 6 heterocycles. The van der Waals surface area contributed by atoms with Gasteiger partial charge in [-0.3, -0.25) is 32.5 Å². The van der Waals surface area contributed by atoms with Gasteiger partial charge in [-0.1, -0.05) is 24.3 Å². The van der Waals surface area contributed by atoms with Crippen LogP contribution in [0, 0.1) is 11.6 Å². The molecule has 0 spiro atoms. The number of hydrogen-bond donors (Lipinski definition) is 9. The number of nitrogens with two attached hydrogens (primary N) is 2. The van der Waals surface area contributed by atoms with Gasteiger partial charge in [0.1, 0.15) is 66.4 Å². The zero-order valence-corrected chi connectivity index (χ0v) is 41.8. The van der Waals surface area contributed by atoms with Crippen molar-refractivity contribution in [3.05, 3.63) is 131 Å². The van der Waals surface area contributed by atoms with Crippen molar-refractivity contribution in [2.45, 2.75) is 74.8 Å². The highest BCUT2D eigenvalue weighted by atomic mass is 31.2. The van der Waals surface area contributed by atoms with Crippen molar-refractivity contribution in [2.24, 2.45) is 0 Å². The number of fused-ring (bicyclic) bond motifs is 1. The molecule has 10 atom stereocenters. The van der Waals surface area contributed by atoms with E-state index in [2.05, 4.69) is 40.1 Å². The highest BCUT2D eigenvalue weighted by Gasteiger charge is 2.52. The lowest BCUT2D eigenvalue weighted by molar-refractivity contribution is -0.160. The third kappa shape index (κ3) is 14.6. The predicted octanol–water partition coefficient (Wildman–Crippen LogP) is 0.654. The number of aliphatic hydroxyl groups is 2. The number of nitrogen functional groups attached to an aromatic ring is 2. The third-order valence-electron chi connectivity index (χ3n) is 11.5. The van der Waals surface area contributed by atoms with Gasteiger partial charge in [0.15, 0.2) is 36.1 Å². The second kappa shape index (κ2) is 24.6. The predicted molar refractivity (Wildman–Crippen MR) is 257 cm³/mol. The Labute approximate surface area is 437 Å². The Morgan fingerprint density at radius 2 is 1.49 bits per heavy atom. The number of aliphatic hydroxyl groups excluding tert-OH is 2. The van der Waals surface area contributed by atoms with Crippen LogP contribution in [-0.4, -0.2) is 139 Å². The number of phosphoric ester groups is 2. The SMILES string of the molecule is Nc1ccn([C@@H]2OC(COP(=O)(O)O)[C@@H](OP(=O)(O)OC[C@H]3O[C@@H](n4cnc5c(N)ncnc54)[C@H](O)[C@@H]3OC(=O)[C@H](COCc3cncc(F)c3)NC(=O)OCc3ccc(NC(=O)Cc4ccc(F)cc4)cc3)[C@H]2O)c(=O)n1. The molecular formula is C44H47F2N11O19P2. The number of rotatable bonds is 22. The average molecular weight is 1130 g/mol. The maximum Gasteiger partial charge on any atom is 0.472 e. The van der Waals surface area contributed by atoms with Crippen LogP contribution in [0.4, 0.5) is 30.9 Å². The quantitative estimate of drug-likeness (QED) is 0.0333. The fraction of sp³-hybridized carbons (Fsp3) is 0.341. The first-order valence-corrected chi connectivity index (χ1v) is 25.9. The molecule has 2 aromatic carbocycles. The number of phosphoric acid groups is 2. The lowest BCUT2D eigenvalue weighted by atomic mass is 10.1. The number of ether oxygens (including phenoxy) is 5. The summed E-state index contributed by atoms with van der Waals surface area (Å²) in [5.41, 5.74) is 12.1. The van der Waals surface area contributed by atoms with E-state index in [1.54, 1.807) is 0 Å². The van der Waals surface area contributed by atoms with Gasteiger partial charge >= 0.3 is 33.4 Å². The zero-order valence-electron chi connectivity index (χ0n) is 40.0. The summed E-state index contributed by atoms with van der Waals surface area (Å²) in [5, 5.41) is 28.1. The number of pyridine rings is 1. The normalized spacial score (nSPS) is 22.4. The van der Waals surface area contributed by atoms with Gasteiger partial charge in [-0.25, -0.2) is 47.2 Å². The number of hydrogen-bond acceptors (Lipinski definition) is 23. The second-order valence-corrected chi connectivity index (χ2v) is 19.8. The van der Waals surface area contributed by atoms with E-state index >= 15 is 0 Å². The van der Waals surface area contributed by atoms with Crippen molar-refractivity contribution < 1.29 is 94.4 Å². The molecule has 2 fully saturated rings. The number of aromatic nitrogens is 7. The molecule has 4 aromatic heterocycles. The Morgan fingerprint density at radius 1 is 0.808 bits per heavy atom. The van der Waals surface area contributed by atoms with Gasteiger partial charge in [0, 0.05) is 18.1 Å². The van der Waals surface area contributed by atoms with Crippen LogP contribution in [0.1, 0.15) is 29.1 Å². The lowest BCUT2D eigenvalue weighted by Gasteiger charge is -2.26. The largest absolute Gasteiger partial charge is 0.472 e. The fourth-order valence-corrected chi connectivity index (χ4v) is 9.17. The summed E-state index contributed by atoms with van der Waals surface area (Å²) >= 11 is 0. The number of carbonyl (C=O) groups excluding carboxylic acids is 3. The number of amides is 2. The standard InChI is InChI=1S/C44H47F2N11O19P2/c45-25-5-1-22(2-6-25)12-32(58)53-27-7-3-23(4-8-27)16-70-44(63)54-28(17-69-15-24-11-26(46)14-49-13-24)42(61)75-36-29(73-41(34(36)59)57-21-52-33-38(48)50-20-51-39(33)57)19-72-78(67,68)76-37-30(18-71-77(64,65)66)74-40(35(37)60)56-10-9-31(47)55-43(56)62/h1-11,13-14,20-21,28-30,34-37,40-41,59-60H,12,15-19H2,(H,53,58)(H,54,63)(H,67,68)(H2,47,55,62)(H2,48,50,51)(H2,64,65,66)/t28-,29+,30?,34+,35+,36+,37+,40+,41+/m0/s1. The molecule has 30 nitrogen and oxygen atoms in total. The zero-order chi connectivity index (χ0) is 55.9. The smallest absolute Gasteiger partial charge is 0.455 e. The van der Waals surface area contributed by atoms with Crippen LogP contribution in [-0.2, 0) is 75.6 Å². The van der Waals surface area contributed by atoms with E-state index in [0.29, 0.717) is 21.4 Å². The van der Waals surface area contributed by atoms with Crippen molar-refractivity contribution >= 4 is 62.1 Å². The molecule has 0 saturated carbocycles. The van der Waals surface area contributed by atoms with Crippen LogP contribution in [0.2, 0.25) is 0 Å². The van der Waals surface area contributed by atoms with E-state index in [1.165, 1.54) is 54.7 Å². The van der Waals surface area contributed by atoms with E-state index in [9.17, 15) is 62.0 Å². The van der Waals surface area contributed by atoms with E-state index < -0.39 is 120 Å². The van der Waals surface area contributed by atoms with E-state index in [-0.39, 0.29) is 53.9 Å². The molecule has 416 valence electrons. The van der Waals surface area contributed by atoms with Gasteiger partial charge in [-0.15, -0.1) is 0 Å². The van der Waals surface area contributed by atoms with Crippen LogP contribution in [0.3, 0.4) is 0 Å². The molecule has 78 heavy (non-hydrogen) atoms. The molecular weight excluding hydrogens is 1090 g/mol. The van der Waals surface area contributed by atoms with Crippen LogP contribution in [0.5, 0.6) is 0 Å². The molecule has 2 amide bonds. The maximum atomic E-state index is 14.2. The average Bonchev–Trinajstić information content (AvgIpc) is 4.14. The van der Waals surface area contributed by atoms with Gasteiger partial charge in [-0.2, -0.15) is 4.98 Å². The van der Waals surface area contributed by atoms with Gasteiger partial charge < -0.3 is 70.7 Å². The van der Waals surface area contributed by atoms with Crippen molar-refractivity contribution in [1.82, 2.24) is 39.4 Å². The highest BCUT2D eigenvalue weighted by Crippen LogP contribution is 2.50. The summed E-state index contributed by atoms with van der Waals surface area (Å²) in [6.07, 6.45) is -10.6. The summed E-state index contributed by atoms with van der Waals surface area (Å²) < 4.78 is 97.9. The Kier molecular flexibility index (Phi) is 17.9. The first kappa shape index (κ1) is 56.9. The minimum atomic E-state index is -5.55. The van der Waals surface area contributed by atoms with Gasteiger partial charge in [0.2, 0.25) is 5.91 Å². The number of esters is 1. The summed E-state index contributed by atoms with van der Waals surface area (Å²) in [5.74, 6) is -3.17. The molecule has 34 heteroatoms. The lowest BCUT2D eigenvalue weighted by Crippen LogP contribution is -2.48. The number of alkyl carbamates (subject to hydrolysis) is 1. The van der Waals surface area contributed by atoms with Crippen LogP contribution >= 0.6 is 15.6 Å². The molecule has 2 unspecified atom stereocenters. The molecule has 0 bridgehead atoms. The van der Waals surface area contributed by atoms with Gasteiger partial charge in [0.25, 0.3) is 0 Å². The number of benzene rings is 2. The Hall–Kier alpha value is -7.29. The highest BCUT2D eigenvalue weighted by molar-refractivity contribution is 7.47. The first-order valence-electron chi connectivity index (χ1n) is 22.8. The number of imidazole rings is 1. The molecule has 8 rings (SSSR count). The molecule has 0 aliphatic carbocycles. The molecule has 11 N–H and O–H groups in total. The van der Waals surface area contributed by atoms with Gasteiger partial charge in [0.05, 0.1) is 45.4 Å². The minimum Gasteiger partial charge on any atom is -0.455 e. The Bertz CT molecular complexity index is 3270. The summed E-state index contributed by atoms with van der Waals surface area (Å²) in [4.78, 5) is 102. The number of nitrogens with one attached hydrogen (secondary N) is 2. The molecule has 6 aromatic rings. The van der Waals surface area contributed by atoms with Crippen molar-refractivity contribution in [3.63, 3.8) is 0 Å². The van der Waals surface area contributed by atoms with Crippen molar-refractivity contribution in [3.8, 4) is 0 Å². The van der Waals surface area contributed by atoms with Crippen molar-refractivity contribution in [2.75, 3.05) is 36.6 Å². The van der Waals surface area contributed by atoms with E-state index in [4.69, 9.17) is 44.2 Å². The van der Waals surface area contributed by atoms with Crippen LogP contribution < -0.4 is 27.8 Å². The number of nitrogens with zero attached hydrogens (tertiary/aromatic N) is 7. The van der Waals surface area contributed by atoms with Crippen LogP contribution in [0.15, 0.2) is 96.7 Å². The number of carbonyl (C=O) groups is 3. The van der Waals surface area contributed by atoms with E-state index in [1.807, 2.05) is 0 Å². The topological polar surface area (TPSA) is 428 Å². The minimum absolute atomic E-state index is 0.00175. The van der Waals surface area contributed by atoms with Crippen LogP contribution in [0.25, 0.3) is 11.2 Å². The summed E-state index contributed by atoms with van der Waals surface area (Å²) in [6.45, 7) is -3.59. The number of anilines is 3. The van der Waals surface area contributed by atoms with Gasteiger partial charge in [-0.05, 0) is 53.1 Å². The third-order valence-corrected chi connectivity index (χ3v) is 13.0. The number of halogens is 2. The molecule has 2 aliphatic heterocycles. The molecule has 2 saturated heterocycles. The van der Waals surface area contributed by atoms with Crippen molar-refractivity contribution in [1.29, 1.82) is 0 Å². The molecule has 0 radical (unpaired) electrons. The second-order valence-electron chi connectivity index (χ2n) is 17.1. The summed E-state index contributed by atoms with van der Waals surface area (Å²) in [6, 6.07) is 12.0. The monoisotopic (exact) mass is 1130 g/mol. The summed E-state index contributed by atoms with van der Waals surface area (Å²) in [7, 11) is -10.8.